The molecule has 1 heterocycles. The van der Waals surface area contributed by atoms with Gasteiger partial charge in [-0.05, 0) is 49.2 Å². The van der Waals surface area contributed by atoms with Crippen LogP contribution in [0.1, 0.15) is 19.3 Å². The maximum Gasteiger partial charge on any atom is 0.243 e. The first kappa shape index (κ1) is 21.1. The summed E-state index contributed by atoms with van der Waals surface area (Å²) in [6.45, 7) is 0.927. The Kier molecular flexibility index (Phi) is 6.44. The number of methoxy groups -OCH3 is 1. The Labute approximate surface area is 171 Å². The number of amides is 1. The maximum absolute atomic E-state index is 13.0. The first-order valence-corrected chi connectivity index (χ1v) is 10.9. The van der Waals surface area contributed by atoms with Crippen LogP contribution in [0, 0.1) is 5.41 Å². The van der Waals surface area contributed by atoms with Crippen molar-refractivity contribution in [2.24, 2.45) is 11.1 Å². The van der Waals surface area contributed by atoms with Crippen molar-refractivity contribution in [3.05, 3.63) is 54.6 Å². The van der Waals surface area contributed by atoms with Gasteiger partial charge in [0.05, 0.1) is 18.6 Å². The molecule has 1 fully saturated rings. The minimum absolute atomic E-state index is 0.163. The van der Waals surface area contributed by atoms with E-state index >= 15 is 0 Å². The summed E-state index contributed by atoms with van der Waals surface area (Å²) < 4.78 is 38.4. The van der Waals surface area contributed by atoms with Crippen molar-refractivity contribution in [1.29, 1.82) is 0 Å². The number of benzene rings is 2. The van der Waals surface area contributed by atoms with Crippen LogP contribution in [0.3, 0.4) is 0 Å². The minimum atomic E-state index is -3.61. The van der Waals surface area contributed by atoms with Gasteiger partial charge in [-0.1, -0.05) is 18.2 Å². The van der Waals surface area contributed by atoms with E-state index in [4.69, 9.17) is 15.2 Å². The number of rotatable bonds is 8. The van der Waals surface area contributed by atoms with Crippen LogP contribution in [-0.4, -0.2) is 45.4 Å². The second-order valence-corrected chi connectivity index (χ2v) is 9.26. The molecule has 156 valence electrons. The Balaban J connectivity index is 1.70. The molecule has 0 spiro atoms. The van der Waals surface area contributed by atoms with Gasteiger partial charge in [0.2, 0.25) is 15.9 Å². The number of para-hydroxylation sites is 1. The summed E-state index contributed by atoms with van der Waals surface area (Å²) in [6, 6.07) is 15.7. The van der Waals surface area contributed by atoms with Crippen molar-refractivity contribution >= 4 is 15.9 Å². The van der Waals surface area contributed by atoms with Crippen molar-refractivity contribution in [3.8, 4) is 11.5 Å². The number of nitrogens with zero attached hydrogens (tertiary/aromatic N) is 1. The van der Waals surface area contributed by atoms with Gasteiger partial charge in [-0.25, -0.2) is 8.42 Å². The molecule has 0 aliphatic carbocycles. The quantitative estimate of drug-likeness (QED) is 0.710. The number of carbonyl (C=O) groups excluding carboxylic acids is 1. The van der Waals surface area contributed by atoms with Crippen LogP contribution in [0.4, 0.5) is 0 Å². The van der Waals surface area contributed by atoms with Crippen molar-refractivity contribution < 1.29 is 22.7 Å². The third-order valence-corrected chi connectivity index (χ3v) is 7.23. The molecule has 0 radical (unpaired) electrons. The molecule has 0 unspecified atom stereocenters. The number of primary amides is 1. The van der Waals surface area contributed by atoms with E-state index in [1.165, 1.54) is 23.5 Å². The van der Waals surface area contributed by atoms with E-state index in [0.29, 0.717) is 44.0 Å². The van der Waals surface area contributed by atoms with Crippen LogP contribution in [0.5, 0.6) is 11.5 Å². The SMILES string of the molecule is COc1ccc(S(=O)(=O)N2CCC(COc3ccccc3)(CC(N)=O)CC2)cc1. The highest BCUT2D eigenvalue weighted by atomic mass is 32.2. The molecule has 0 atom stereocenters. The summed E-state index contributed by atoms with van der Waals surface area (Å²) in [5.74, 6) is 0.902. The predicted molar refractivity (Wildman–Crippen MR) is 109 cm³/mol. The minimum Gasteiger partial charge on any atom is -0.497 e. The van der Waals surface area contributed by atoms with Gasteiger partial charge in [-0.2, -0.15) is 4.31 Å². The van der Waals surface area contributed by atoms with Crippen LogP contribution in [-0.2, 0) is 14.8 Å². The highest BCUT2D eigenvalue weighted by Crippen LogP contribution is 2.37. The first-order chi connectivity index (χ1) is 13.8. The zero-order valence-corrected chi connectivity index (χ0v) is 17.2. The van der Waals surface area contributed by atoms with Crippen molar-refractivity contribution in [2.75, 3.05) is 26.8 Å². The van der Waals surface area contributed by atoms with Gasteiger partial charge < -0.3 is 15.2 Å². The molecular weight excluding hydrogens is 392 g/mol. The van der Waals surface area contributed by atoms with E-state index in [0.717, 1.165) is 0 Å². The van der Waals surface area contributed by atoms with Crippen LogP contribution < -0.4 is 15.2 Å². The molecule has 0 bridgehead atoms. The van der Waals surface area contributed by atoms with E-state index < -0.39 is 21.3 Å². The molecule has 0 aromatic heterocycles. The highest BCUT2D eigenvalue weighted by Gasteiger charge is 2.40. The smallest absolute Gasteiger partial charge is 0.243 e. The zero-order valence-electron chi connectivity index (χ0n) is 16.4. The lowest BCUT2D eigenvalue weighted by Gasteiger charge is -2.40. The summed E-state index contributed by atoms with van der Waals surface area (Å²) >= 11 is 0. The average molecular weight is 419 g/mol. The first-order valence-electron chi connectivity index (χ1n) is 9.45. The molecular formula is C21H26N2O5S. The van der Waals surface area contributed by atoms with E-state index in [2.05, 4.69) is 0 Å². The molecule has 3 rings (SSSR count). The molecule has 7 nitrogen and oxygen atoms in total. The second kappa shape index (κ2) is 8.84. The molecule has 1 amide bonds. The van der Waals surface area contributed by atoms with E-state index in [-0.39, 0.29) is 11.3 Å². The van der Waals surface area contributed by atoms with Crippen LogP contribution in [0.15, 0.2) is 59.5 Å². The van der Waals surface area contributed by atoms with Gasteiger partial charge in [-0.3, -0.25) is 4.79 Å². The average Bonchev–Trinajstić information content (AvgIpc) is 2.73. The fourth-order valence-electron chi connectivity index (χ4n) is 3.59. The molecule has 2 aromatic carbocycles. The van der Waals surface area contributed by atoms with Gasteiger partial charge in [0.15, 0.2) is 0 Å². The summed E-state index contributed by atoms with van der Waals surface area (Å²) in [4.78, 5) is 11.9. The van der Waals surface area contributed by atoms with Crippen molar-refractivity contribution in [2.45, 2.75) is 24.2 Å². The van der Waals surface area contributed by atoms with Crippen molar-refractivity contribution in [3.63, 3.8) is 0 Å². The Morgan fingerprint density at radius 3 is 2.21 bits per heavy atom. The summed E-state index contributed by atoms with van der Waals surface area (Å²) in [5.41, 5.74) is 5.00. The van der Waals surface area contributed by atoms with Crippen LogP contribution >= 0.6 is 0 Å². The maximum atomic E-state index is 13.0. The van der Waals surface area contributed by atoms with E-state index in [1.807, 2.05) is 30.3 Å². The number of piperidine rings is 1. The van der Waals surface area contributed by atoms with E-state index in [9.17, 15) is 13.2 Å². The van der Waals surface area contributed by atoms with Gasteiger partial charge in [0, 0.05) is 24.9 Å². The lowest BCUT2D eigenvalue weighted by Crippen LogP contribution is -2.47. The Morgan fingerprint density at radius 2 is 1.66 bits per heavy atom. The fraction of sp³-hybridized carbons (Fsp3) is 0.381. The number of sulfonamides is 1. The Bertz CT molecular complexity index is 921. The summed E-state index contributed by atoms with van der Waals surface area (Å²) in [5, 5.41) is 0. The van der Waals surface area contributed by atoms with Gasteiger partial charge >= 0.3 is 0 Å². The number of nitrogens with two attached hydrogens (primary N) is 1. The highest BCUT2D eigenvalue weighted by molar-refractivity contribution is 7.89. The third kappa shape index (κ3) is 5.07. The molecule has 1 saturated heterocycles. The van der Waals surface area contributed by atoms with Gasteiger partial charge in [-0.15, -0.1) is 0 Å². The topological polar surface area (TPSA) is 98.9 Å². The Hall–Kier alpha value is -2.58. The summed E-state index contributed by atoms with van der Waals surface area (Å²) in [6.07, 6.45) is 1.16. The van der Waals surface area contributed by atoms with Gasteiger partial charge in [0.1, 0.15) is 11.5 Å². The monoisotopic (exact) mass is 418 g/mol. The molecule has 2 aromatic rings. The molecule has 29 heavy (non-hydrogen) atoms. The standard InChI is InChI=1S/C21H26N2O5S/c1-27-17-7-9-19(10-8-17)29(25,26)23-13-11-21(12-14-23,15-20(22)24)16-28-18-5-3-2-4-6-18/h2-10H,11-16H2,1H3,(H2,22,24). The Morgan fingerprint density at radius 1 is 1.03 bits per heavy atom. The van der Waals surface area contributed by atoms with E-state index in [1.54, 1.807) is 12.1 Å². The van der Waals surface area contributed by atoms with Crippen molar-refractivity contribution in [1.82, 2.24) is 4.31 Å². The zero-order chi connectivity index (χ0) is 20.9. The van der Waals surface area contributed by atoms with Crippen LogP contribution in [0.25, 0.3) is 0 Å². The number of carbonyl (C=O) groups is 1. The molecule has 1 aliphatic heterocycles. The second-order valence-electron chi connectivity index (χ2n) is 7.32. The fourth-order valence-corrected chi connectivity index (χ4v) is 5.03. The number of ether oxygens (including phenoxy) is 2. The molecule has 1 aliphatic rings. The number of hydrogen-bond acceptors (Lipinski definition) is 5. The number of hydrogen-bond donors (Lipinski definition) is 1. The largest absolute Gasteiger partial charge is 0.497 e. The lowest BCUT2D eigenvalue weighted by atomic mass is 9.76. The normalized spacial score (nSPS) is 16.9. The molecule has 8 heteroatoms. The third-order valence-electron chi connectivity index (χ3n) is 5.32. The molecule has 0 saturated carbocycles. The summed E-state index contributed by atoms with van der Waals surface area (Å²) in [7, 11) is -2.08. The predicted octanol–water partition coefficient (Wildman–Crippen LogP) is 2.42. The van der Waals surface area contributed by atoms with Crippen LogP contribution in [0.2, 0.25) is 0 Å². The lowest BCUT2D eigenvalue weighted by molar-refractivity contribution is -0.121. The molecule has 2 N–H and O–H groups in total. The van der Waals surface area contributed by atoms with Gasteiger partial charge in [0.25, 0.3) is 0 Å².